The summed E-state index contributed by atoms with van der Waals surface area (Å²) >= 11 is 0. The van der Waals surface area contributed by atoms with E-state index in [2.05, 4.69) is 10.6 Å². The van der Waals surface area contributed by atoms with Gasteiger partial charge in [0.15, 0.2) is 0 Å². The monoisotopic (exact) mass is 454 g/mol. The summed E-state index contributed by atoms with van der Waals surface area (Å²) in [6, 6.07) is 6.34. The lowest BCUT2D eigenvalue weighted by molar-refractivity contribution is -0.144. The van der Waals surface area contributed by atoms with Gasteiger partial charge in [0.2, 0.25) is 0 Å². The summed E-state index contributed by atoms with van der Waals surface area (Å²) in [6.45, 7) is 1.33. The minimum atomic E-state index is -0.967. The third kappa shape index (κ3) is 4.33. The van der Waals surface area contributed by atoms with E-state index in [4.69, 9.17) is 4.74 Å². The number of carbonyl (C=O) groups is 5. The van der Waals surface area contributed by atoms with E-state index in [0.29, 0.717) is 18.4 Å². The van der Waals surface area contributed by atoms with Crippen LogP contribution >= 0.6 is 0 Å². The number of amides is 6. The molecule has 1 saturated carbocycles. The number of hydrogen-bond acceptors (Lipinski definition) is 6. The van der Waals surface area contributed by atoms with E-state index in [9.17, 15) is 24.0 Å². The maximum Gasteiger partial charge on any atom is 0.338 e. The molecule has 0 spiro atoms. The quantitative estimate of drug-likeness (QED) is 0.385. The van der Waals surface area contributed by atoms with Crippen molar-refractivity contribution < 1.29 is 28.7 Å². The van der Waals surface area contributed by atoms with Gasteiger partial charge in [-0.1, -0.05) is 49.6 Å². The van der Waals surface area contributed by atoms with E-state index in [-0.39, 0.29) is 23.9 Å². The lowest BCUT2D eigenvalue weighted by atomic mass is 9.94. The maximum atomic E-state index is 13.1. The molecular formula is C23H26N4O6. The first-order valence-electron chi connectivity index (χ1n) is 11.1. The van der Waals surface area contributed by atoms with Gasteiger partial charge in [-0.25, -0.2) is 19.3 Å². The molecule has 1 aromatic carbocycles. The SMILES string of the molecule is CCOC(=O)C1=C(CN2C(=O)C(=O)N(C3CCCCC3)C2=O)NC(=O)NC1c1ccccc1. The predicted octanol–water partition coefficient (Wildman–Crippen LogP) is 1.98. The molecular weight excluding hydrogens is 428 g/mol. The van der Waals surface area contributed by atoms with Crippen LogP contribution in [0.4, 0.5) is 9.59 Å². The van der Waals surface area contributed by atoms with E-state index < -0.39 is 42.4 Å². The lowest BCUT2D eigenvalue weighted by Crippen LogP contribution is -2.49. The molecule has 3 aliphatic rings. The largest absolute Gasteiger partial charge is 0.463 e. The van der Waals surface area contributed by atoms with Crippen molar-refractivity contribution in [1.29, 1.82) is 0 Å². The summed E-state index contributed by atoms with van der Waals surface area (Å²) < 4.78 is 5.20. The Morgan fingerprint density at radius 2 is 1.73 bits per heavy atom. The Kier molecular flexibility index (Phi) is 6.43. The number of esters is 1. The van der Waals surface area contributed by atoms with E-state index in [1.165, 1.54) is 0 Å². The number of imide groups is 2. The average Bonchev–Trinajstić information content (AvgIpc) is 3.03. The van der Waals surface area contributed by atoms with Gasteiger partial charge in [0.1, 0.15) is 0 Å². The third-order valence-corrected chi connectivity index (χ3v) is 6.12. The van der Waals surface area contributed by atoms with Gasteiger partial charge < -0.3 is 15.4 Å². The highest BCUT2D eigenvalue weighted by molar-refractivity contribution is 6.44. The predicted molar refractivity (Wildman–Crippen MR) is 115 cm³/mol. The number of hydrogen-bond donors (Lipinski definition) is 2. The van der Waals surface area contributed by atoms with Crippen molar-refractivity contribution in [3.05, 3.63) is 47.2 Å². The smallest absolute Gasteiger partial charge is 0.338 e. The molecule has 1 unspecified atom stereocenters. The van der Waals surface area contributed by atoms with Crippen LogP contribution in [-0.4, -0.2) is 58.8 Å². The first kappa shape index (κ1) is 22.5. The molecule has 1 aromatic rings. The van der Waals surface area contributed by atoms with Crippen LogP contribution < -0.4 is 10.6 Å². The second-order valence-electron chi connectivity index (χ2n) is 8.20. The molecule has 2 fully saturated rings. The topological polar surface area (TPSA) is 125 Å². The number of carbonyl (C=O) groups excluding carboxylic acids is 5. The molecule has 174 valence electrons. The molecule has 0 aromatic heterocycles. The summed E-state index contributed by atoms with van der Waals surface area (Å²) in [6.07, 6.45) is 4.11. The van der Waals surface area contributed by atoms with Crippen LogP contribution in [0.2, 0.25) is 0 Å². The Balaban J connectivity index is 1.69. The van der Waals surface area contributed by atoms with Gasteiger partial charge >= 0.3 is 29.8 Å². The van der Waals surface area contributed by atoms with Gasteiger partial charge in [-0.2, -0.15) is 0 Å². The Labute approximate surface area is 190 Å². The minimum absolute atomic E-state index is 0.0473. The van der Waals surface area contributed by atoms with Gasteiger partial charge in [-0.3, -0.25) is 14.5 Å². The Bertz CT molecular complexity index is 1020. The van der Waals surface area contributed by atoms with E-state index in [1.807, 2.05) is 0 Å². The molecule has 6 amide bonds. The van der Waals surface area contributed by atoms with Crippen LogP contribution in [0.25, 0.3) is 0 Å². The normalized spacial score (nSPS) is 21.9. The van der Waals surface area contributed by atoms with Crippen LogP contribution in [0, 0.1) is 0 Å². The molecule has 10 heteroatoms. The Hall–Kier alpha value is -3.69. The molecule has 1 aliphatic carbocycles. The van der Waals surface area contributed by atoms with Gasteiger partial charge in [-0.05, 0) is 25.3 Å². The number of rotatable bonds is 6. The van der Waals surface area contributed by atoms with Crippen molar-refractivity contribution in [2.45, 2.75) is 51.1 Å². The van der Waals surface area contributed by atoms with Crippen molar-refractivity contribution in [2.75, 3.05) is 13.2 Å². The van der Waals surface area contributed by atoms with Crippen LogP contribution in [0.15, 0.2) is 41.6 Å². The molecule has 0 bridgehead atoms. The van der Waals surface area contributed by atoms with Crippen molar-refractivity contribution in [3.63, 3.8) is 0 Å². The second-order valence-corrected chi connectivity index (χ2v) is 8.20. The zero-order chi connectivity index (χ0) is 23.5. The number of urea groups is 2. The lowest BCUT2D eigenvalue weighted by Gasteiger charge is -2.31. The fourth-order valence-corrected chi connectivity index (χ4v) is 4.57. The fourth-order valence-electron chi connectivity index (χ4n) is 4.57. The van der Waals surface area contributed by atoms with E-state index >= 15 is 0 Å². The number of benzene rings is 1. The molecule has 4 rings (SSSR count). The number of nitrogens with zero attached hydrogens (tertiary/aromatic N) is 2. The summed E-state index contributed by atoms with van der Waals surface area (Å²) in [5.74, 6) is -2.53. The van der Waals surface area contributed by atoms with E-state index in [1.54, 1.807) is 37.3 Å². The van der Waals surface area contributed by atoms with Crippen LogP contribution in [0.1, 0.15) is 50.6 Å². The van der Waals surface area contributed by atoms with Crippen molar-refractivity contribution >= 4 is 29.8 Å². The Morgan fingerprint density at radius 3 is 2.39 bits per heavy atom. The summed E-state index contributed by atoms with van der Waals surface area (Å²) in [4.78, 5) is 65.6. The molecule has 1 atom stereocenters. The van der Waals surface area contributed by atoms with Crippen molar-refractivity contribution in [1.82, 2.24) is 20.4 Å². The highest BCUT2D eigenvalue weighted by Gasteiger charge is 2.48. The highest BCUT2D eigenvalue weighted by Crippen LogP contribution is 2.30. The zero-order valence-electron chi connectivity index (χ0n) is 18.3. The van der Waals surface area contributed by atoms with Crippen LogP contribution in [-0.2, 0) is 19.1 Å². The van der Waals surface area contributed by atoms with Crippen LogP contribution in [0.5, 0.6) is 0 Å². The van der Waals surface area contributed by atoms with Crippen LogP contribution in [0.3, 0.4) is 0 Å². The van der Waals surface area contributed by atoms with Gasteiger partial charge in [-0.15, -0.1) is 0 Å². The van der Waals surface area contributed by atoms with E-state index in [0.717, 1.165) is 29.1 Å². The average molecular weight is 454 g/mol. The Morgan fingerprint density at radius 1 is 1.03 bits per heavy atom. The molecule has 10 nitrogen and oxygen atoms in total. The van der Waals surface area contributed by atoms with Crippen molar-refractivity contribution in [3.8, 4) is 0 Å². The minimum Gasteiger partial charge on any atom is -0.463 e. The molecule has 2 N–H and O–H groups in total. The summed E-state index contributed by atoms with van der Waals surface area (Å²) in [5.41, 5.74) is 0.754. The number of ether oxygens (including phenoxy) is 1. The second kappa shape index (κ2) is 9.43. The summed E-state index contributed by atoms with van der Waals surface area (Å²) in [7, 11) is 0. The fraction of sp³-hybridized carbons (Fsp3) is 0.435. The van der Waals surface area contributed by atoms with Crippen molar-refractivity contribution in [2.24, 2.45) is 0 Å². The highest BCUT2D eigenvalue weighted by atomic mass is 16.5. The summed E-state index contributed by atoms with van der Waals surface area (Å²) in [5, 5.41) is 5.23. The third-order valence-electron chi connectivity index (χ3n) is 6.12. The molecule has 1 saturated heterocycles. The molecule has 2 aliphatic heterocycles. The first-order chi connectivity index (χ1) is 15.9. The molecule has 2 heterocycles. The molecule has 33 heavy (non-hydrogen) atoms. The first-order valence-corrected chi connectivity index (χ1v) is 11.1. The van der Waals surface area contributed by atoms with Gasteiger partial charge in [0.25, 0.3) is 0 Å². The maximum absolute atomic E-state index is 13.1. The van der Waals surface area contributed by atoms with Gasteiger partial charge in [0.05, 0.1) is 30.5 Å². The van der Waals surface area contributed by atoms with Gasteiger partial charge in [0, 0.05) is 6.04 Å². The standard InChI is InChI=1S/C23H26N4O6/c1-2-33-21(30)17-16(24-22(31)25-18(17)14-9-5-3-6-10-14)13-26-19(28)20(29)27(23(26)32)15-11-7-4-8-12-15/h3,5-6,9-10,15,18H,2,4,7-8,11-13H2,1H3,(H2,24,25,31). The molecule has 0 radical (unpaired) electrons. The zero-order valence-corrected chi connectivity index (χ0v) is 18.3. The number of nitrogens with one attached hydrogen (secondary N) is 2.